The molecule has 1 aliphatic rings. The molecule has 3 aromatic rings. The normalized spacial score (nSPS) is 14.5. The maximum atomic E-state index is 6.20. The Hall–Kier alpha value is -2.30. The fourth-order valence-electron chi connectivity index (χ4n) is 3.14. The summed E-state index contributed by atoms with van der Waals surface area (Å²) in [6.45, 7) is 2.41. The number of nitrogens with one attached hydrogen (secondary N) is 1. The Bertz CT molecular complexity index is 917. The Morgan fingerprint density at radius 2 is 2.20 bits per heavy atom. The van der Waals surface area contributed by atoms with Crippen molar-refractivity contribution in [1.29, 1.82) is 0 Å². The van der Waals surface area contributed by atoms with E-state index in [-0.39, 0.29) is 0 Å². The molecule has 128 valence electrons. The van der Waals surface area contributed by atoms with Gasteiger partial charge in [-0.1, -0.05) is 23.7 Å². The van der Waals surface area contributed by atoms with Gasteiger partial charge in [-0.15, -0.1) is 0 Å². The number of halogens is 1. The van der Waals surface area contributed by atoms with Crippen molar-refractivity contribution in [2.24, 2.45) is 0 Å². The summed E-state index contributed by atoms with van der Waals surface area (Å²) in [6, 6.07) is 9.69. The van der Waals surface area contributed by atoms with Gasteiger partial charge in [-0.2, -0.15) is 0 Å². The summed E-state index contributed by atoms with van der Waals surface area (Å²) in [5.41, 5.74) is 4.12. The predicted molar refractivity (Wildman–Crippen MR) is 100 cm³/mol. The molecule has 0 amide bonds. The summed E-state index contributed by atoms with van der Waals surface area (Å²) in [4.78, 5) is 4.52. The van der Waals surface area contributed by atoms with Crippen LogP contribution in [0.4, 0.5) is 0 Å². The highest BCUT2D eigenvalue weighted by Crippen LogP contribution is 2.29. The Morgan fingerprint density at radius 1 is 1.24 bits per heavy atom. The number of furan rings is 1. The smallest absolute Gasteiger partial charge is 0.145 e. The van der Waals surface area contributed by atoms with Gasteiger partial charge in [0, 0.05) is 24.5 Å². The number of nitrogens with zero attached hydrogens (tertiary/aromatic N) is 1. The fourth-order valence-corrected chi connectivity index (χ4v) is 3.35. The molecule has 0 bridgehead atoms. The van der Waals surface area contributed by atoms with Crippen LogP contribution in [0.5, 0.6) is 5.75 Å². The van der Waals surface area contributed by atoms with E-state index in [2.05, 4.69) is 16.4 Å². The monoisotopic (exact) mass is 354 g/mol. The summed E-state index contributed by atoms with van der Waals surface area (Å²) in [5, 5.41) is 4.98. The Morgan fingerprint density at radius 3 is 3.08 bits per heavy atom. The minimum absolute atomic E-state index is 0.557. The molecule has 0 spiro atoms. The number of hydrogen-bond donors (Lipinski definition) is 1. The first-order valence-corrected chi connectivity index (χ1v) is 8.83. The van der Waals surface area contributed by atoms with E-state index >= 15 is 0 Å². The van der Waals surface area contributed by atoms with Gasteiger partial charge in [0.05, 0.1) is 17.9 Å². The van der Waals surface area contributed by atoms with Gasteiger partial charge in [0.25, 0.3) is 0 Å². The van der Waals surface area contributed by atoms with E-state index in [1.807, 2.05) is 36.5 Å². The Balaban J connectivity index is 1.49. The Labute approximate surface area is 151 Å². The van der Waals surface area contributed by atoms with Crippen LogP contribution in [0.25, 0.3) is 16.5 Å². The minimum Gasteiger partial charge on any atom is -0.491 e. The van der Waals surface area contributed by atoms with Gasteiger partial charge in [0.2, 0.25) is 0 Å². The quantitative estimate of drug-likeness (QED) is 0.733. The number of aromatic nitrogens is 1. The molecule has 1 N–H and O–H groups in total. The summed E-state index contributed by atoms with van der Waals surface area (Å²) in [6.07, 6.45) is 7.39. The van der Waals surface area contributed by atoms with Gasteiger partial charge in [0.15, 0.2) is 0 Å². The average Bonchev–Trinajstić information content (AvgIpc) is 3.16. The van der Waals surface area contributed by atoms with E-state index in [0.717, 1.165) is 53.9 Å². The zero-order chi connectivity index (χ0) is 17.1. The van der Waals surface area contributed by atoms with Gasteiger partial charge < -0.3 is 14.5 Å². The molecule has 2 aromatic heterocycles. The molecule has 0 fully saturated rings. The molecule has 4 rings (SSSR count). The molecule has 0 saturated heterocycles. The number of ether oxygens (including phenoxy) is 1. The molecule has 0 atom stereocenters. The van der Waals surface area contributed by atoms with Gasteiger partial charge in [-0.25, -0.2) is 0 Å². The summed E-state index contributed by atoms with van der Waals surface area (Å²) < 4.78 is 11.6. The predicted octanol–water partition coefficient (Wildman–Crippen LogP) is 4.48. The van der Waals surface area contributed by atoms with E-state index in [0.29, 0.717) is 11.6 Å². The molecule has 4 nitrogen and oxygen atoms in total. The van der Waals surface area contributed by atoms with Crippen LogP contribution in [0.3, 0.4) is 0 Å². The lowest BCUT2D eigenvalue weighted by Gasteiger charge is -2.16. The number of pyridine rings is 1. The van der Waals surface area contributed by atoms with E-state index in [1.165, 1.54) is 5.57 Å². The number of hydrogen-bond acceptors (Lipinski definition) is 4. The summed E-state index contributed by atoms with van der Waals surface area (Å²) >= 11 is 6.20. The second kappa shape index (κ2) is 7.30. The molecule has 25 heavy (non-hydrogen) atoms. The largest absolute Gasteiger partial charge is 0.491 e. The molecule has 0 saturated carbocycles. The van der Waals surface area contributed by atoms with Crippen molar-refractivity contribution in [3.8, 4) is 5.75 Å². The van der Waals surface area contributed by atoms with Crippen LogP contribution < -0.4 is 10.1 Å². The SMILES string of the molecule is Clc1ccc(CCOc2cccnc2C2=CCNCC2)c2occc12. The van der Waals surface area contributed by atoms with Gasteiger partial charge in [-0.05, 0) is 48.4 Å². The van der Waals surface area contributed by atoms with Crippen molar-refractivity contribution in [3.05, 3.63) is 65.1 Å². The van der Waals surface area contributed by atoms with Gasteiger partial charge >= 0.3 is 0 Å². The molecule has 5 heteroatoms. The summed E-state index contributed by atoms with van der Waals surface area (Å²) in [7, 11) is 0. The van der Waals surface area contributed by atoms with Crippen LogP contribution in [-0.2, 0) is 6.42 Å². The maximum absolute atomic E-state index is 6.20. The molecular weight excluding hydrogens is 336 g/mol. The number of rotatable bonds is 5. The Kier molecular flexibility index (Phi) is 4.72. The van der Waals surface area contributed by atoms with Crippen LogP contribution in [0, 0.1) is 0 Å². The van der Waals surface area contributed by atoms with Crippen LogP contribution in [0.15, 0.2) is 53.3 Å². The molecule has 3 heterocycles. The molecule has 1 aromatic carbocycles. The molecule has 0 radical (unpaired) electrons. The van der Waals surface area contributed by atoms with E-state index in [9.17, 15) is 0 Å². The lowest BCUT2D eigenvalue weighted by atomic mass is 10.0. The number of fused-ring (bicyclic) bond motifs is 1. The number of benzene rings is 1. The van der Waals surface area contributed by atoms with Crippen molar-refractivity contribution in [1.82, 2.24) is 10.3 Å². The second-order valence-corrected chi connectivity index (χ2v) is 6.41. The van der Waals surface area contributed by atoms with Crippen molar-refractivity contribution < 1.29 is 9.15 Å². The molecule has 1 aliphatic heterocycles. The minimum atomic E-state index is 0.557. The van der Waals surface area contributed by atoms with E-state index in [4.69, 9.17) is 20.8 Å². The van der Waals surface area contributed by atoms with E-state index < -0.39 is 0 Å². The topological polar surface area (TPSA) is 47.3 Å². The standard InChI is InChI=1S/C20H19ClN2O2/c21-17-4-3-15(20-16(17)8-13-25-20)7-12-24-18-2-1-9-23-19(18)14-5-10-22-11-6-14/h1-5,8-9,13,22H,6-7,10-12H2. The highest BCUT2D eigenvalue weighted by molar-refractivity contribution is 6.35. The van der Waals surface area contributed by atoms with Crippen LogP contribution >= 0.6 is 11.6 Å². The third-order valence-electron chi connectivity index (χ3n) is 4.41. The fraction of sp³-hybridized carbons (Fsp3) is 0.250. The van der Waals surface area contributed by atoms with Crippen LogP contribution in [0.1, 0.15) is 17.7 Å². The van der Waals surface area contributed by atoms with Gasteiger partial charge in [-0.3, -0.25) is 4.98 Å². The third-order valence-corrected chi connectivity index (χ3v) is 4.74. The van der Waals surface area contributed by atoms with Crippen molar-refractivity contribution in [2.45, 2.75) is 12.8 Å². The zero-order valence-electron chi connectivity index (χ0n) is 13.8. The lowest BCUT2D eigenvalue weighted by Crippen LogP contribution is -2.20. The van der Waals surface area contributed by atoms with Crippen LogP contribution in [0.2, 0.25) is 5.02 Å². The van der Waals surface area contributed by atoms with Crippen molar-refractivity contribution >= 4 is 28.1 Å². The lowest BCUT2D eigenvalue weighted by molar-refractivity contribution is 0.319. The molecular formula is C20H19ClN2O2. The van der Waals surface area contributed by atoms with Gasteiger partial charge in [0.1, 0.15) is 17.0 Å². The maximum Gasteiger partial charge on any atom is 0.145 e. The zero-order valence-corrected chi connectivity index (χ0v) is 14.6. The van der Waals surface area contributed by atoms with E-state index in [1.54, 1.807) is 6.26 Å². The summed E-state index contributed by atoms with van der Waals surface area (Å²) in [5.74, 6) is 0.834. The first-order chi connectivity index (χ1) is 12.3. The van der Waals surface area contributed by atoms with Crippen molar-refractivity contribution in [3.63, 3.8) is 0 Å². The first-order valence-electron chi connectivity index (χ1n) is 8.45. The second-order valence-electron chi connectivity index (χ2n) is 6.00. The average molecular weight is 355 g/mol. The van der Waals surface area contributed by atoms with Crippen molar-refractivity contribution in [2.75, 3.05) is 19.7 Å². The molecule has 0 unspecified atom stereocenters. The molecule has 0 aliphatic carbocycles. The third kappa shape index (κ3) is 3.41. The van der Waals surface area contributed by atoms with Crippen LogP contribution in [-0.4, -0.2) is 24.7 Å². The highest BCUT2D eigenvalue weighted by Gasteiger charge is 2.13. The first kappa shape index (κ1) is 16.2. The highest BCUT2D eigenvalue weighted by atomic mass is 35.5.